The lowest BCUT2D eigenvalue weighted by Crippen LogP contribution is -2.48. The van der Waals surface area contributed by atoms with E-state index in [2.05, 4.69) is 25.3 Å². The van der Waals surface area contributed by atoms with Crippen LogP contribution in [0.3, 0.4) is 0 Å². The largest absolute Gasteiger partial charge is 0.481 e. The van der Waals surface area contributed by atoms with Gasteiger partial charge in [0.1, 0.15) is 0 Å². The Bertz CT molecular complexity index is 1160. The molecule has 1 saturated heterocycles. The third kappa shape index (κ3) is 4.24. The standard InChI is InChI=1S/C24H28F2N6O2/c1-14(2)32-24(34-19-6-4-5-18(25)21(19)26)29-23(30-32)28-22-15-7-8-16(22)13-31(12-15)17-9-10-27-20(11-17)33-3/h4-6,9-11,14-16,22H,7-8,12-13H2,1-3H3,(H,28,30)/t15-,16+,22-. The van der Waals surface area contributed by atoms with E-state index in [4.69, 9.17) is 9.47 Å². The van der Waals surface area contributed by atoms with Crippen molar-refractivity contribution in [2.75, 3.05) is 30.4 Å². The minimum atomic E-state index is -1.05. The molecular weight excluding hydrogens is 442 g/mol. The van der Waals surface area contributed by atoms with Crippen LogP contribution in [-0.4, -0.2) is 46.0 Å². The van der Waals surface area contributed by atoms with E-state index >= 15 is 0 Å². The summed E-state index contributed by atoms with van der Waals surface area (Å²) in [5.74, 6) is -0.350. The third-order valence-electron chi connectivity index (χ3n) is 6.63. The Morgan fingerprint density at radius 3 is 2.59 bits per heavy atom. The van der Waals surface area contributed by atoms with Crippen molar-refractivity contribution in [2.45, 2.75) is 38.8 Å². The molecule has 2 aliphatic rings. The Kier molecular flexibility index (Phi) is 5.97. The van der Waals surface area contributed by atoms with Crippen molar-refractivity contribution in [3.8, 4) is 17.6 Å². The first-order valence-electron chi connectivity index (χ1n) is 11.5. The molecule has 2 bridgehead atoms. The molecule has 8 nitrogen and oxygen atoms in total. The fourth-order valence-corrected chi connectivity index (χ4v) is 4.96. The number of aromatic nitrogens is 4. The lowest BCUT2D eigenvalue weighted by atomic mass is 9.92. The summed E-state index contributed by atoms with van der Waals surface area (Å²) >= 11 is 0. The van der Waals surface area contributed by atoms with Crippen molar-refractivity contribution in [1.82, 2.24) is 19.7 Å². The molecule has 3 atom stereocenters. The van der Waals surface area contributed by atoms with Crippen LogP contribution in [0.4, 0.5) is 20.4 Å². The van der Waals surface area contributed by atoms with Gasteiger partial charge in [0.25, 0.3) is 0 Å². The van der Waals surface area contributed by atoms with Gasteiger partial charge in [0, 0.05) is 37.1 Å². The van der Waals surface area contributed by atoms with Crippen LogP contribution < -0.4 is 19.7 Å². The Morgan fingerprint density at radius 2 is 1.88 bits per heavy atom. The zero-order chi connectivity index (χ0) is 23.8. The zero-order valence-electron chi connectivity index (χ0n) is 19.4. The number of pyridine rings is 1. The zero-order valence-corrected chi connectivity index (χ0v) is 19.4. The van der Waals surface area contributed by atoms with Crippen LogP contribution in [0.2, 0.25) is 0 Å². The molecule has 0 spiro atoms. The smallest absolute Gasteiger partial charge is 0.322 e. The van der Waals surface area contributed by atoms with Crippen LogP contribution in [0.25, 0.3) is 0 Å². The number of nitrogens with zero attached hydrogens (tertiary/aromatic N) is 5. The minimum absolute atomic E-state index is 0.0742. The van der Waals surface area contributed by atoms with Crippen LogP contribution in [0.1, 0.15) is 32.7 Å². The fraction of sp³-hybridized carbons (Fsp3) is 0.458. The quantitative estimate of drug-likeness (QED) is 0.538. The summed E-state index contributed by atoms with van der Waals surface area (Å²) in [6, 6.07) is 8.06. The first-order chi connectivity index (χ1) is 16.4. The molecule has 1 aliphatic carbocycles. The molecule has 2 aromatic heterocycles. The molecule has 180 valence electrons. The molecular formula is C24H28F2N6O2. The Labute approximate surface area is 196 Å². The lowest BCUT2D eigenvalue weighted by Gasteiger charge is -2.39. The van der Waals surface area contributed by atoms with Gasteiger partial charge in [0.2, 0.25) is 17.6 Å². The van der Waals surface area contributed by atoms with Gasteiger partial charge in [-0.15, -0.1) is 5.10 Å². The van der Waals surface area contributed by atoms with E-state index in [1.807, 2.05) is 26.0 Å². The summed E-state index contributed by atoms with van der Waals surface area (Å²) in [7, 11) is 1.62. The summed E-state index contributed by atoms with van der Waals surface area (Å²) in [5.41, 5.74) is 1.11. The molecule has 1 aromatic carbocycles. The number of piperidine rings is 1. The molecule has 1 aliphatic heterocycles. The number of nitrogens with one attached hydrogen (secondary N) is 1. The maximum atomic E-state index is 14.1. The highest BCUT2D eigenvalue weighted by atomic mass is 19.2. The van der Waals surface area contributed by atoms with Gasteiger partial charge in [-0.2, -0.15) is 9.37 Å². The second kappa shape index (κ2) is 9.08. The van der Waals surface area contributed by atoms with E-state index in [9.17, 15) is 8.78 Å². The van der Waals surface area contributed by atoms with Gasteiger partial charge in [-0.3, -0.25) is 0 Å². The SMILES string of the molecule is COc1cc(N2C[C@H]3CC[C@@H](C2)[C@@H]3Nc2nc(Oc3cccc(F)c3F)n(C(C)C)n2)ccn1. The Hall–Kier alpha value is -3.43. The molecule has 2 fully saturated rings. The van der Waals surface area contributed by atoms with Crippen LogP contribution in [0, 0.1) is 23.5 Å². The van der Waals surface area contributed by atoms with Crippen LogP contribution in [0.15, 0.2) is 36.5 Å². The third-order valence-corrected chi connectivity index (χ3v) is 6.63. The van der Waals surface area contributed by atoms with Gasteiger partial charge in [-0.25, -0.2) is 14.1 Å². The lowest BCUT2D eigenvalue weighted by molar-refractivity contribution is 0.352. The molecule has 1 saturated carbocycles. The molecule has 1 N–H and O–H groups in total. The van der Waals surface area contributed by atoms with Crippen molar-refractivity contribution >= 4 is 11.6 Å². The minimum Gasteiger partial charge on any atom is -0.481 e. The first-order valence-corrected chi connectivity index (χ1v) is 11.5. The highest BCUT2D eigenvalue weighted by Crippen LogP contribution is 2.40. The molecule has 0 unspecified atom stereocenters. The molecule has 0 radical (unpaired) electrons. The summed E-state index contributed by atoms with van der Waals surface area (Å²) in [4.78, 5) is 11.1. The van der Waals surface area contributed by atoms with Gasteiger partial charge in [-0.1, -0.05) is 6.07 Å². The molecule has 0 amide bonds. The van der Waals surface area contributed by atoms with Crippen molar-refractivity contribution in [3.63, 3.8) is 0 Å². The van der Waals surface area contributed by atoms with Gasteiger partial charge in [0.05, 0.1) is 13.2 Å². The maximum absolute atomic E-state index is 14.1. The molecule has 34 heavy (non-hydrogen) atoms. The van der Waals surface area contributed by atoms with Gasteiger partial charge >= 0.3 is 6.01 Å². The molecule has 3 heterocycles. The summed E-state index contributed by atoms with van der Waals surface area (Å²) < 4.78 is 40.2. The predicted molar refractivity (Wildman–Crippen MR) is 123 cm³/mol. The van der Waals surface area contributed by atoms with E-state index in [1.54, 1.807) is 18.0 Å². The van der Waals surface area contributed by atoms with Crippen LogP contribution >= 0.6 is 0 Å². The predicted octanol–water partition coefficient (Wildman–Crippen LogP) is 4.66. The Morgan fingerprint density at radius 1 is 1.12 bits per heavy atom. The van der Waals surface area contributed by atoms with Gasteiger partial charge < -0.3 is 19.7 Å². The van der Waals surface area contributed by atoms with Crippen molar-refractivity contribution in [3.05, 3.63) is 48.2 Å². The normalized spacial score (nSPS) is 21.7. The number of halogens is 2. The van der Waals surface area contributed by atoms with E-state index in [0.717, 1.165) is 37.7 Å². The van der Waals surface area contributed by atoms with E-state index < -0.39 is 11.6 Å². The van der Waals surface area contributed by atoms with E-state index in [-0.39, 0.29) is 23.8 Å². The summed E-state index contributed by atoms with van der Waals surface area (Å²) in [5, 5.41) is 8.07. The highest BCUT2D eigenvalue weighted by Gasteiger charge is 2.42. The molecule has 10 heteroatoms. The number of anilines is 2. The monoisotopic (exact) mass is 470 g/mol. The summed E-state index contributed by atoms with van der Waals surface area (Å²) in [6.07, 6.45) is 4.00. The number of ether oxygens (including phenoxy) is 2. The van der Waals surface area contributed by atoms with Crippen molar-refractivity contribution in [1.29, 1.82) is 0 Å². The van der Waals surface area contributed by atoms with Crippen molar-refractivity contribution < 1.29 is 18.3 Å². The summed E-state index contributed by atoms with van der Waals surface area (Å²) in [6.45, 7) is 5.67. The fourth-order valence-electron chi connectivity index (χ4n) is 4.96. The average Bonchev–Trinajstić information content (AvgIpc) is 3.32. The van der Waals surface area contributed by atoms with E-state index in [0.29, 0.717) is 23.7 Å². The van der Waals surface area contributed by atoms with Crippen LogP contribution in [0.5, 0.6) is 17.6 Å². The topological polar surface area (TPSA) is 77.3 Å². The van der Waals surface area contributed by atoms with Gasteiger partial charge in [0.15, 0.2) is 11.6 Å². The number of benzene rings is 1. The number of fused-ring (bicyclic) bond motifs is 2. The number of methoxy groups -OCH3 is 1. The van der Waals surface area contributed by atoms with Gasteiger partial charge in [-0.05, 0) is 56.7 Å². The number of hydrogen-bond donors (Lipinski definition) is 1. The van der Waals surface area contributed by atoms with Crippen molar-refractivity contribution in [2.24, 2.45) is 11.8 Å². The Balaban J connectivity index is 1.33. The molecule has 3 aromatic rings. The number of rotatable bonds is 7. The van der Waals surface area contributed by atoms with E-state index in [1.165, 1.54) is 12.1 Å². The second-order valence-corrected chi connectivity index (χ2v) is 9.14. The second-order valence-electron chi connectivity index (χ2n) is 9.14. The number of hydrogen-bond acceptors (Lipinski definition) is 7. The average molecular weight is 471 g/mol. The first kappa shape index (κ1) is 22.4. The molecule has 5 rings (SSSR count). The maximum Gasteiger partial charge on any atom is 0.322 e. The van der Waals surface area contributed by atoms with Crippen LogP contribution in [-0.2, 0) is 0 Å². The highest BCUT2D eigenvalue weighted by molar-refractivity contribution is 5.49.